The summed E-state index contributed by atoms with van der Waals surface area (Å²) >= 11 is 0. The number of likely N-dealkylation sites (tertiary alicyclic amines) is 1. The molecule has 1 fully saturated rings. The minimum absolute atomic E-state index is 0.00504. The smallest absolute Gasteiger partial charge is 0.334 e. The first-order valence-corrected chi connectivity index (χ1v) is 12.3. The minimum Gasteiger partial charge on any atom is -0.334 e. The Kier molecular flexibility index (Phi) is 7.42. The van der Waals surface area contributed by atoms with E-state index in [1.54, 1.807) is 23.2 Å². The lowest BCUT2D eigenvalue weighted by molar-refractivity contribution is -0.138. The van der Waals surface area contributed by atoms with Gasteiger partial charge in [0.05, 0.1) is 28.8 Å². The topological polar surface area (TPSA) is 98.8 Å². The predicted octanol–water partition coefficient (Wildman–Crippen LogP) is 5.77. The number of alkyl halides is 3. The van der Waals surface area contributed by atoms with Gasteiger partial charge in [0.15, 0.2) is 0 Å². The molecule has 1 unspecified atom stereocenters. The summed E-state index contributed by atoms with van der Waals surface area (Å²) in [5, 5.41) is 12.6. The Bertz CT molecular complexity index is 1250. The Morgan fingerprint density at radius 1 is 1.22 bits per heavy atom. The summed E-state index contributed by atoms with van der Waals surface area (Å²) in [6.45, 7) is 9.34. The van der Waals surface area contributed by atoms with Crippen LogP contribution in [0.3, 0.4) is 0 Å². The molecule has 1 saturated heterocycles. The van der Waals surface area contributed by atoms with Crippen molar-refractivity contribution in [3.63, 3.8) is 0 Å². The molecule has 1 aliphatic rings. The van der Waals surface area contributed by atoms with Gasteiger partial charge in [-0.1, -0.05) is 39.8 Å². The van der Waals surface area contributed by atoms with Crippen LogP contribution in [0.5, 0.6) is 0 Å². The molecule has 2 amide bonds. The maximum Gasteiger partial charge on any atom is 0.416 e. The van der Waals surface area contributed by atoms with Crippen LogP contribution in [0.1, 0.15) is 50.9 Å². The highest BCUT2D eigenvalue weighted by Gasteiger charge is 2.35. The molecule has 4 rings (SSSR count). The number of H-pyrrole nitrogens is 1. The minimum atomic E-state index is -4.60. The Morgan fingerprint density at radius 3 is 2.68 bits per heavy atom. The molecule has 3 aromatic rings. The largest absolute Gasteiger partial charge is 0.416 e. The van der Waals surface area contributed by atoms with Crippen molar-refractivity contribution in [3.05, 3.63) is 53.5 Å². The fourth-order valence-corrected chi connectivity index (χ4v) is 4.48. The van der Waals surface area contributed by atoms with Crippen LogP contribution in [0.2, 0.25) is 0 Å². The number of nitrogens with one attached hydrogen (secondary N) is 3. The summed E-state index contributed by atoms with van der Waals surface area (Å²) in [6.07, 6.45) is 0.0885. The summed E-state index contributed by atoms with van der Waals surface area (Å²) in [5.74, 6) is 0.607. The first-order valence-electron chi connectivity index (χ1n) is 12.3. The molecular formula is C26H32F3N7O. The van der Waals surface area contributed by atoms with Gasteiger partial charge in [0.25, 0.3) is 0 Å². The normalized spacial score (nSPS) is 16.2. The quantitative estimate of drug-likeness (QED) is 0.387. The van der Waals surface area contributed by atoms with Crippen molar-refractivity contribution in [3.8, 4) is 11.3 Å². The van der Waals surface area contributed by atoms with E-state index in [1.165, 1.54) is 12.3 Å². The summed E-state index contributed by atoms with van der Waals surface area (Å²) < 4.78 is 42.0. The average molecular weight is 516 g/mol. The van der Waals surface area contributed by atoms with E-state index < -0.39 is 11.7 Å². The van der Waals surface area contributed by atoms with Gasteiger partial charge in [-0.3, -0.25) is 5.10 Å². The molecule has 1 aliphatic heterocycles. The van der Waals surface area contributed by atoms with Crippen LogP contribution < -0.4 is 10.6 Å². The number of halogens is 3. The van der Waals surface area contributed by atoms with Gasteiger partial charge in [-0.15, -0.1) is 0 Å². The lowest BCUT2D eigenvalue weighted by Gasteiger charge is -2.27. The molecule has 3 N–H and O–H groups in total. The molecule has 0 aliphatic carbocycles. The van der Waals surface area contributed by atoms with Crippen molar-refractivity contribution < 1.29 is 18.0 Å². The Labute approximate surface area is 214 Å². The van der Waals surface area contributed by atoms with Gasteiger partial charge in [-0.05, 0) is 41.9 Å². The molecule has 1 atom stereocenters. The zero-order valence-corrected chi connectivity index (χ0v) is 21.4. The maximum atomic E-state index is 14.0. The van der Waals surface area contributed by atoms with Crippen molar-refractivity contribution in [2.45, 2.75) is 53.3 Å². The highest BCUT2D eigenvalue weighted by Crippen LogP contribution is 2.36. The molecule has 1 aromatic carbocycles. The Balaban J connectivity index is 1.50. The van der Waals surface area contributed by atoms with Gasteiger partial charge >= 0.3 is 12.2 Å². The molecule has 198 valence electrons. The summed E-state index contributed by atoms with van der Waals surface area (Å²) in [4.78, 5) is 22.9. The monoisotopic (exact) mass is 515 g/mol. The second-order valence-electron chi connectivity index (χ2n) is 10.3. The van der Waals surface area contributed by atoms with E-state index in [4.69, 9.17) is 0 Å². The van der Waals surface area contributed by atoms with Gasteiger partial charge in [-0.2, -0.15) is 18.3 Å². The average Bonchev–Trinajstić information content (AvgIpc) is 3.52. The second-order valence-corrected chi connectivity index (χ2v) is 10.3. The van der Waals surface area contributed by atoms with E-state index in [0.29, 0.717) is 42.4 Å². The van der Waals surface area contributed by atoms with Crippen LogP contribution in [-0.2, 0) is 19.1 Å². The zero-order valence-electron chi connectivity index (χ0n) is 21.4. The van der Waals surface area contributed by atoms with E-state index in [0.717, 1.165) is 18.2 Å². The summed E-state index contributed by atoms with van der Waals surface area (Å²) in [6, 6.07) is 5.23. The first kappa shape index (κ1) is 26.4. The number of aromatic nitrogens is 4. The number of urea groups is 1. The molecular weight excluding hydrogens is 483 g/mol. The lowest BCUT2D eigenvalue weighted by Crippen LogP contribution is -2.39. The SMILES string of the molecule is CCc1[nH]ncc1Nc1nccc(-c2ccc(CNC(=O)N3CCC(C(C)(C)C)C3)c(C(F)(F)F)c2)n1. The number of carbonyl (C=O) groups excluding carboxylic acids is 1. The number of aryl methyl sites for hydroxylation is 1. The number of aromatic amines is 1. The number of anilines is 2. The molecule has 8 nitrogen and oxygen atoms in total. The predicted molar refractivity (Wildman–Crippen MR) is 135 cm³/mol. The number of benzene rings is 1. The Morgan fingerprint density at radius 2 is 2.00 bits per heavy atom. The van der Waals surface area contributed by atoms with Crippen molar-refractivity contribution >= 4 is 17.7 Å². The van der Waals surface area contributed by atoms with Gasteiger partial charge < -0.3 is 15.5 Å². The molecule has 37 heavy (non-hydrogen) atoms. The molecule has 11 heteroatoms. The van der Waals surface area contributed by atoms with Crippen LogP contribution in [0, 0.1) is 11.3 Å². The van der Waals surface area contributed by atoms with Crippen molar-refractivity contribution in [1.29, 1.82) is 0 Å². The number of nitrogens with zero attached hydrogens (tertiary/aromatic N) is 4. The van der Waals surface area contributed by atoms with E-state index in [-0.39, 0.29) is 29.5 Å². The number of amides is 2. The highest BCUT2D eigenvalue weighted by atomic mass is 19.4. The molecule has 0 bridgehead atoms. The van der Waals surface area contributed by atoms with Crippen LogP contribution in [0.25, 0.3) is 11.3 Å². The molecule has 0 spiro atoms. The van der Waals surface area contributed by atoms with Crippen molar-refractivity contribution in [2.75, 3.05) is 18.4 Å². The van der Waals surface area contributed by atoms with Crippen LogP contribution >= 0.6 is 0 Å². The van der Waals surface area contributed by atoms with Crippen LogP contribution in [-0.4, -0.2) is 44.2 Å². The molecule has 3 heterocycles. The fraction of sp³-hybridized carbons (Fsp3) is 0.462. The Hall–Kier alpha value is -3.63. The lowest BCUT2D eigenvalue weighted by atomic mass is 9.80. The third-order valence-electron chi connectivity index (χ3n) is 6.82. The molecule has 0 saturated carbocycles. The fourth-order valence-electron chi connectivity index (χ4n) is 4.48. The van der Waals surface area contributed by atoms with Crippen molar-refractivity contribution in [1.82, 2.24) is 30.4 Å². The van der Waals surface area contributed by atoms with Crippen molar-refractivity contribution in [2.24, 2.45) is 11.3 Å². The standard InChI is InChI=1S/C26H32F3N7O/c1-5-20-22(14-32-35-20)34-23-30-10-8-21(33-23)16-6-7-17(19(12-16)26(27,28)29)13-31-24(37)36-11-9-18(15-36)25(2,3)4/h6-8,10,12,14,18H,5,9,11,13,15H2,1-4H3,(H,31,37)(H,32,35)(H,30,33,34). The van der Waals surface area contributed by atoms with Gasteiger partial charge in [-0.25, -0.2) is 14.8 Å². The molecule has 2 aromatic heterocycles. The maximum absolute atomic E-state index is 14.0. The van der Waals surface area contributed by atoms with E-state index in [1.807, 2.05) is 6.92 Å². The first-order chi connectivity index (χ1) is 17.5. The number of rotatable bonds is 6. The third kappa shape index (κ3) is 6.20. The van der Waals surface area contributed by atoms with E-state index in [9.17, 15) is 18.0 Å². The number of carbonyl (C=O) groups is 1. The zero-order chi connectivity index (χ0) is 26.8. The molecule has 0 radical (unpaired) electrons. The van der Waals surface area contributed by atoms with Crippen LogP contribution in [0.15, 0.2) is 36.7 Å². The number of hydrogen-bond donors (Lipinski definition) is 3. The third-order valence-corrected chi connectivity index (χ3v) is 6.82. The van der Waals surface area contributed by atoms with Gasteiger partial charge in [0.1, 0.15) is 0 Å². The van der Waals surface area contributed by atoms with Gasteiger partial charge in [0, 0.05) is 31.4 Å². The van der Waals surface area contributed by atoms with E-state index in [2.05, 4.69) is 51.6 Å². The summed E-state index contributed by atoms with van der Waals surface area (Å²) in [5.41, 5.74) is 1.46. The van der Waals surface area contributed by atoms with E-state index >= 15 is 0 Å². The second kappa shape index (κ2) is 10.4. The number of hydrogen-bond acceptors (Lipinski definition) is 5. The van der Waals surface area contributed by atoms with Gasteiger partial charge in [0.2, 0.25) is 5.95 Å². The summed E-state index contributed by atoms with van der Waals surface area (Å²) in [7, 11) is 0. The highest BCUT2D eigenvalue weighted by molar-refractivity contribution is 5.74. The van der Waals surface area contributed by atoms with Crippen LogP contribution in [0.4, 0.5) is 29.6 Å².